The summed E-state index contributed by atoms with van der Waals surface area (Å²) >= 11 is 0. The molecule has 3 aromatic rings. The number of carbonyl (C=O) groups is 1. The van der Waals surface area contributed by atoms with Crippen molar-refractivity contribution < 1.29 is 19.4 Å². The molecule has 1 aliphatic rings. The third kappa shape index (κ3) is 2.11. The van der Waals surface area contributed by atoms with Gasteiger partial charge >= 0.3 is 0 Å². The van der Waals surface area contributed by atoms with Crippen molar-refractivity contribution in [3.8, 4) is 34.5 Å². The second-order valence-electron chi connectivity index (χ2n) is 5.46. The molecule has 6 heteroatoms. The van der Waals surface area contributed by atoms with E-state index in [9.17, 15) is 9.90 Å². The highest BCUT2D eigenvalue weighted by Crippen LogP contribution is 2.42. The van der Waals surface area contributed by atoms with Gasteiger partial charge < -0.3 is 19.6 Å². The van der Waals surface area contributed by atoms with Gasteiger partial charge in [-0.25, -0.2) is 0 Å². The lowest BCUT2D eigenvalue weighted by molar-refractivity contribution is 0.112. The van der Waals surface area contributed by atoms with Gasteiger partial charge in [-0.1, -0.05) is 18.2 Å². The number of para-hydroxylation sites is 2. The molecular weight excluding hydrogens is 308 g/mol. The summed E-state index contributed by atoms with van der Waals surface area (Å²) in [5.74, 6) is 2.09. The number of hydrogen-bond donors (Lipinski definition) is 2. The summed E-state index contributed by atoms with van der Waals surface area (Å²) in [5, 5.41) is 10.2. The minimum atomic E-state index is -0.103. The van der Waals surface area contributed by atoms with E-state index in [1.54, 1.807) is 25.3 Å². The van der Waals surface area contributed by atoms with Crippen molar-refractivity contribution >= 4 is 6.29 Å². The summed E-state index contributed by atoms with van der Waals surface area (Å²) in [6.07, 6.45) is 1.22. The lowest BCUT2D eigenvalue weighted by Gasteiger charge is -2.17. The number of hydrogen-bond acceptors (Lipinski definition) is 5. The van der Waals surface area contributed by atoms with Crippen LogP contribution in [-0.2, 0) is 6.42 Å². The molecule has 0 bridgehead atoms. The Labute approximate surface area is 137 Å². The van der Waals surface area contributed by atoms with Crippen LogP contribution in [0.2, 0.25) is 0 Å². The number of aromatic hydroxyl groups is 1. The van der Waals surface area contributed by atoms with Gasteiger partial charge in [0.15, 0.2) is 17.8 Å². The van der Waals surface area contributed by atoms with E-state index in [0.29, 0.717) is 41.5 Å². The van der Waals surface area contributed by atoms with Crippen molar-refractivity contribution in [2.75, 3.05) is 7.11 Å². The summed E-state index contributed by atoms with van der Waals surface area (Å²) in [4.78, 5) is 18.6. The summed E-state index contributed by atoms with van der Waals surface area (Å²) in [6.45, 7) is 0. The Kier molecular flexibility index (Phi) is 3.23. The number of H-pyrrole nitrogens is 1. The predicted molar refractivity (Wildman–Crippen MR) is 87.0 cm³/mol. The zero-order valence-electron chi connectivity index (χ0n) is 12.9. The number of nitrogens with zero attached hydrogens (tertiary/aromatic N) is 1. The maximum absolute atomic E-state index is 11.0. The molecule has 0 atom stereocenters. The molecular formula is C18H14N2O4. The molecule has 0 fully saturated rings. The molecule has 1 aromatic heterocycles. The molecule has 0 radical (unpaired) electrons. The fourth-order valence-corrected chi connectivity index (χ4v) is 2.84. The Morgan fingerprint density at radius 2 is 2.12 bits per heavy atom. The molecule has 0 aliphatic carbocycles. The SMILES string of the molecule is COc1cccc2c1Oc1nc(-c3cccc(C=O)c3O)[nH]c1C2. The van der Waals surface area contributed by atoms with E-state index < -0.39 is 0 Å². The predicted octanol–water partition coefficient (Wildman–Crippen LogP) is 3.30. The van der Waals surface area contributed by atoms with Crippen LogP contribution in [0.3, 0.4) is 0 Å². The average Bonchev–Trinajstić information content (AvgIpc) is 3.02. The number of fused-ring (bicyclic) bond motifs is 2. The number of aldehydes is 1. The van der Waals surface area contributed by atoms with Gasteiger partial charge in [0.05, 0.1) is 23.9 Å². The summed E-state index contributed by atoms with van der Waals surface area (Å²) in [6, 6.07) is 10.6. The van der Waals surface area contributed by atoms with Gasteiger partial charge in [0.2, 0.25) is 5.88 Å². The molecule has 4 rings (SSSR count). The van der Waals surface area contributed by atoms with Crippen LogP contribution < -0.4 is 9.47 Å². The number of benzene rings is 2. The van der Waals surface area contributed by atoms with Gasteiger partial charge in [0.1, 0.15) is 11.6 Å². The number of phenols is 1. The molecule has 0 spiro atoms. The molecule has 2 N–H and O–H groups in total. The first-order valence-corrected chi connectivity index (χ1v) is 7.41. The van der Waals surface area contributed by atoms with Gasteiger partial charge in [-0.2, -0.15) is 4.98 Å². The quantitative estimate of drug-likeness (QED) is 0.565. The van der Waals surface area contributed by atoms with Crippen LogP contribution in [0.25, 0.3) is 11.4 Å². The van der Waals surface area contributed by atoms with Gasteiger partial charge in [-0.15, -0.1) is 0 Å². The van der Waals surface area contributed by atoms with Crippen LogP contribution >= 0.6 is 0 Å². The Morgan fingerprint density at radius 3 is 2.92 bits per heavy atom. The van der Waals surface area contributed by atoms with E-state index in [4.69, 9.17) is 9.47 Å². The average molecular weight is 322 g/mol. The molecule has 120 valence electrons. The monoisotopic (exact) mass is 322 g/mol. The fourth-order valence-electron chi connectivity index (χ4n) is 2.84. The minimum Gasteiger partial charge on any atom is -0.506 e. The molecule has 6 nitrogen and oxygen atoms in total. The van der Waals surface area contributed by atoms with Crippen molar-refractivity contribution in [1.82, 2.24) is 9.97 Å². The number of rotatable bonds is 3. The first-order valence-electron chi connectivity index (χ1n) is 7.41. The fraction of sp³-hybridized carbons (Fsp3) is 0.111. The normalized spacial score (nSPS) is 12.0. The number of aromatic amines is 1. The van der Waals surface area contributed by atoms with Gasteiger partial charge in [-0.05, 0) is 18.2 Å². The van der Waals surface area contributed by atoms with Crippen LogP contribution in [0.5, 0.6) is 23.1 Å². The van der Waals surface area contributed by atoms with Crippen molar-refractivity contribution in [3.05, 3.63) is 53.2 Å². The minimum absolute atomic E-state index is 0.103. The summed E-state index contributed by atoms with van der Waals surface area (Å²) in [7, 11) is 1.59. The third-order valence-corrected chi connectivity index (χ3v) is 4.04. The standard InChI is InChI=1S/C18H14N2O4/c1-23-14-7-3-4-10-8-13-18(24-16(10)14)20-17(19-13)12-6-2-5-11(9-21)15(12)22/h2-7,9,22H,8H2,1H3,(H,19,20). The second-order valence-corrected chi connectivity index (χ2v) is 5.46. The van der Waals surface area contributed by atoms with Gasteiger partial charge in [-0.3, -0.25) is 4.79 Å². The first-order chi connectivity index (χ1) is 11.7. The number of phenolic OH excluding ortho intramolecular Hbond substituents is 1. The Hall–Kier alpha value is -3.28. The number of nitrogens with one attached hydrogen (secondary N) is 1. The smallest absolute Gasteiger partial charge is 0.241 e. The molecule has 0 unspecified atom stereocenters. The summed E-state index contributed by atoms with van der Waals surface area (Å²) in [5.41, 5.74) is 2.46. The molecule has 0 saturated heterocycles. The number of ether oxygens (including phenoxy) is 2. The van der Waals surface area contributed by atoms with Crippen molar-refractivity contribution in [3.63, 3.8) is 0 Å². The van der Waals surface area contributed by atoms with E-state index in [1.165, 1.54) is 0 Å². The van der Waals surface area contributed by atoms with Crippen molar-refractivity contribution in [2.45, 2.75) is 6.42 Å². The molecule has 0 amide bonds. The Balaban J connectivity index is 1.78. The summed E-state index contributed by atoms with van der Waals surface area (Å²) < 4.78 is 11.2. The van der Waals surface area contributed by atoms with Crippen LogP contribution in [-0.4, -0.2) is 28.5 Å². The van der Waals surface area contributed by atoms with Crippen LogP contribution in [0.15, 0.2) is 36.4 Å². The Morgan fingerprint density at radius 1 is 1.29 bits per heavy atom. The van der Waals surface area contributed by atoms with Crippen molar-refractivity contribution in [1.29, 1.82) is 0 Å². The number of methoxy groups -OCH3 is 1. The highest BCUT2D eigenvalue weighted by Gasteiger charge is 2.25. The van der Waals surface area contributed by atoms with Crippen LogP contribution in [0, 0.1) is 0 Å². The molecule has 0 saturated carbocycles. The lowest BCUT2D eigenvalue weighted by atomic mass is 10.1. The molecule has 24 heavy (non-hydrogen) atoms. The first kappa shape index (κ1) is 14.3. The number of aromatic nitrogens is 2. The maximum Gasteiger partial charge on any atom is 0.241 e. The Bertz CT molecular complexity index is 946. The lowest BCUT2D eigenvalue weighted by Crippen LogP contribution is -2.04. The van der Waals surface area contributed by atoms with E-state index in [1.807, 2.05) is 18.2 Å². The maximum atomic E-state index is 11.0. The van der Waals surface area contributed by atoms with Crippen LogP contribution in [0.1, 0.15) is 21.6 Å². The largest absolute Gasteiger partial charge is 0.506 e. The van der Waals surface area contributed by atoms with Gasteiger partial charge in [0, 0.05) is 12.0 Å². The van der Waals surface area contributed by atoms with Crippen molar-refractivity contribution in [2.24, 2.45) is 0 Å². The van der Waals surface area contributed by atoms with Gasteiger partial charge in [0.25, 0.3) is 0 Å². The third-order valence-electron chi connectivity index (χ3n) is 4.04. The highest BCUT2D eigenvalue weighted by molar-refractivity contribution is 5.84. The second kappa shape index (κ2) is 5.42. The molecule has 2 heterocycles. The van der Waals surface area contributed by atoms with E-state index in [-0.39, 0.29) is 11.3 Å². The number of carbonyl (C=O) groups excluding carboxylic acids is 1. The van der Waals surface area contributed by atoms with E-state index in [2.05, 4.69) is 9.97 Å². The van der Waals surface area contributed by atoms with Crippen LogP contribution in [0.4, 0.5) is 0 Å². The zero-order chi connectivity index (χ0) is 16.7. The highest BCUT2D eigenvalue weighted by atomic mass is 16.5. The number of imidazole rings is 1. The van der Waals surface area contributed by atoms with E-state index in [0.717, 1.165) is 11.3 Å². The van der Waals surface area contributed by atoms with E-state index >= 15 is 0 Å². The molecule has 1 aliphatic heterocycles. The molecule has 2 aromatic carbocycles. The topological polar surface area (TPSA) is 84.4 Å². The zero-order valence-corrected chi connectivity index (χ0v) is 12.9.